The molecule has 168 valence electrons. The zero-order valence-corrected chi connectivity index (χ0v) is 18.5. The van der Waals surface area contributed by atoms with E-state index in [1.54, 1.807) is 15.5 Å². The van der Waals surface area contributed by atoms with Crippen LogP contribution in [0.3, 0.4) is 0 Å². The summed E-state index contributed by atoms with van der Waals surface area (Å²) in [5, 5.41) is -0.101. The summed E-state index contributed by atoms with van der Waals surface area (Å²) < 4.78 is 47.9. The minimum absolute atomic E-state index is 0.0486. The minimum atomic E-state index is -3.90. The molecule has 1 atom stereocenters. The lowest BCUT2D eigenvalue weighted by Crippen LogP contribution is -2.32. The lowest BCUT2D eigenvalue weighted by molar-refractivity contribution is -0.129. The van der Waals surface area contributed by atoms with Crippen molar-refractivity contribution in [3.05, 3.63) is 47.5 Å². The molecule has 0 spiro atoms. The van der Waals surface area contributed by atoms with Gasteiger partial charge >= 0.3 is 0 Å². The molecule has 31 heavy (non-hydrogen) atoms. The van der Waals surface area contributed by atoms with Gasteiger partial charge in [0.15, 0.2) is 0 Å². The van der Waals surface area contributed by atoms with Gasteiger partial charge in [-0.3, -0.25) is 4.79 Å². The van der Waals surface area contributed by atoms with Crippen molar-refractivity contribution in [3.63, 3.8) is 0 Å². The highest BCUT2D eigenvalue weighted by atomic mass is 32.2. The number of rotatable bonds is 9. The first-order valence-corrected chi connectivity index (χ1v) is 12.4. The summed E-state index contributed by atoms with van der Waals surface area (Å²) >= 11 is 0. The second-order valence-corrected chi connectivity index (χ2v) is 10.4. The Labute approximate surface area is 182 Å². The fourth-order valence-corrected chi connectivity index (χ4v) is 5.46. The van der Waals surface area contributed by atoms with E-state index >= 15 is 0 Å². The molecular formula is C22H28FN3O4S. The molecule has 1 saturated carbocycles. The summed E-state index contributed by atoms with van der Waals surface area (Å²) in [6.45, 7) is 3.47. The molecule has 2 aliphatic rings. The third kappa shape index (κ3) is 5.33. The minimum Gasteiger partial charge on any atom is -0.376 e. The third-order valence-corrected chi connectivity index (χ3v) is 7.44. The molecule has 0 N–H and O–H groups in total. The van der Waals surface area contributed by atoms with Crippen LogP contribution in [0.5, 0.6) is 0 Å². The van der Waals surface area contributed by atoms with Crippen LogP contribution in [0, 0.1) is 11.7 Å². The Kier molecular flexibility index (Phi) is 6.43. The lowest BCUT2D eigenvalue weighted by atomic mass is 10.2. The van der Waals surface area contributed by atoms with Gasteiger partial charge in [0.05, 0.1) is 36.8 Å². The number of amides is 1. The van der Waals surface area contributed by atoms with Crippen LogP contribution in [0.4, 0.5) is 4.39 Å². The molecule has 0 unspecified atom stereocenters. The van der Waals surface area contributed by atoms with Crippen molar-refractivity contribution in [2.45, 2.75) is 62.7 Å². The number of ether oxygens (including phenoxy) is 1. The summed E-state index contributed by atoms with van der Waals surface area (Å²) in [4.78, 5) is 18.1. The van der Waals surface area contributed by atoms with Crippen LogP contribution in [0.2, 0.25) is 0 Å². The Morgan fingerprint density at radius 3 is 2.71 bits per heavy atom. The maximum absolute atomic E-state index is 14.1. The van der Waals surface area contributed by atoms with E-state index in [2.05, 4.69) is 4.98 Å². The summed E-state index contributed by atoms with van der Waals surface area (Å²) in [7, 11) is -3.90. The van der Waals surface area contributed by atoms with Crippen LogP contribution in [0.25, 0.3) is 0 Å². The fourth-order valence-electron chi connectivity index (χ4n) is 3.95. The normalized spacial score (nSPS) is 19.0. The third-order valence-electron chi connectivity index (χ3n) is 5.87. The van der Waals surface area contributed by atoms with Gasteiger partial charge in [0, 0.05) is 25.6 Å². The predicted molar refractivity (Wildman–Crippen MR) is 112 cm³/mol. The number of aromatic nitrogens is 2. The molecule has 2 heterocycles. The van der Waals surface area contributed by atoms with Crippen molar-refractivity contribution < 1.29 is 22.3 Å². The average Bonchev–Trinajstić information content (AvgIpc) is 3.21. The van der Waals surface area contributed by atoms with Gasteiger partial charge in [-0.25, -0.2) is 17.8 Å². The SMILES string of the molecule is CC(=O)N(Cc1cnc(S(=O)(=O)Cc2ccccc2F)n1C[C@@H]1CCCO1)CC1CC1. The number of carbonyl (C=O) groups is 1. The van der Waals surface area contributed by atoms with E-state index < -0.39 is 21.4 Å². The van der Waals surface area contributed by atoms with Crippen LogP contribution in [0.15, 0.2) is 35.6 Å². The Morgan fingerprint density at radius 2 is 2.06 bits per heavy atom. The molecule has 1 saturated heterocycles. The highest BCUT2D eigenvalue weighted by Gasteiger charge is 2.30. The number of carbonyl (C=O) groups excluding carboxylic acids is 1. The molecule has 0 bridgehead atoms. The topological polar surface area (TPSA) is 81.5 Å². The van der Waals surface area contributed by atoms with Crippen molar-refractivity contribution in [1.29, 1.82) is 0 Å². The molecule has 9 heteroatoms. The average molecular weight is 450 g/mol. The number of nitrogens with zero attached hydrogens (tertiary/aromatic N) is 3. The zero-order valence-electron chi connectivity index (χ0n) is 17.7. The van der Waals surface area contributed by atoms with Crippen molar-refractivity contribution in [3.8, 4) is 0 Å². The van der Waals surface area contributed by atoms with E-state index in [-0.39, 0.29) is 22.7 Å². The van der Waals surface area contributed by atoms with Gasteiger partial charge in [0.25, 0.3) is 0 Å². The first kappa shape index (κ1) is 22.0. The molecule has 7 nitrogen and oxygen atoms in total. The molecule has 1 aliphatic carbocycles. The van der Waals surface area contributed by atoms with Gasteiger partial charge in [0.2, 0.25) is 20.9 Å². The molecule has 0 radical (unpaired) electrons. The van der Waals surface area contributed by atoms with Gasteiger partial charge in [-0.1, -0.05) is 18.2 Å². The van der Waals surface area contributed by atoms with Crippen LogP contribution in [-0.4, -0.2) is 48.0 Å². The number of hydrogen-bond acceptors (Lipinski definition) is 5. The first-order valence-electron chi connectivity index (χ1n) is 10.7. The summed E-state index contributed by atoms with van der Waals surface area (Å²) in [5.41, 5.74) is 0.758. The van der Waals surface area contributed by atoms with E-state index in [4.69, 9.17) is 4.74 Å². The van der Waals surface area contributed by atoms with E-state index in [1.165, 1.54) is 31.3 Å². The van der Waals surface area contributed by atoms with Gasteiger partial charge < -0.3 is 14.2 Å². The standard InChI is InChI=1S/C22H28FN3O4S/c1-16(27)25(12-17-8-9-17)13-19-11-24-22(26(19)14-20-6-4-10-30-20)31(28,29)15-18-5-2-3-7-21(18)23/h2-3,5,7,11,17,20H,4,6,8-10,12-15H2,1H3/t20-/m0/s1. The Morgan fingerprint density at radius 1 is 1.29 bits per heavy atom. The van der Waals surface area contributed by atoms with Gasteiger partial charge in [-0.2, -0.15) is 0 Å². The molecule has 4 rings (SSSR count). The maximum Gasteiger partial charge on any atom is 0.228 e. The Balaban J connectivity index is 1.64. The number of sulfone groups is 1. The highest BCUT2D eigenvalue weighted by molar-refractivity contribution is 7.90. The summed E-state index contributed by atoms with van der Waals surface area (Å²) in [5.74, 6) is -0.564. The lowest BCUT2D eigenvalue weighted by Gasteiger charge is -2.23. The van der Waals surface area contributed by atoms with Crippen molar-refractivity contribution in [1.82, 2.24) is 14.5 Å². The van der Waals surface area contributed by atoms with E-state index in [1.807, 2.05) is 0 Å². The summed E-state index contributed by atoms with van der Waals surface area (Å²) in [6, 6.07) is 5.85. The Bertz CT molecular complexity index is 1040. The second-order valence-electron chi connectivity index (χ2n) is 8.47. The maximum atomic E-state index is 14.1. The van der Waals surface area contributed by atoms with Crippen molar-refractivity contribution >= 4 is 15.7 Å². The molecule has 1 amide bonds. The predicted octanol–water partition coefficient (Wildman–Crippen LogP) is 2.93. The number of hydrogen-bond donors (Lipinski definition) is 0. The van der Waals surface area contributed by atoms with E-state index in [0.29, 0.717) is 37.9 Å². The van der Waals surface area contributed by atoms with E-state index in [0.717, 1.165) is 25.7 Å². The van der Waals surface area contributed by atoms with Crippen LogP contribution < -0.4 is 0 Å². The second kappa shape index (κ2) is 9.08. The largest absolute Gasteiger partial charge is 0.376 e. The highest BCUT2D eigenvalue weighted by Crippen LogP contribution is 2.30. The van der Waals surface area contributed by atoms with Crippen molar-refractivity contribution in [2.75, 3.05) is 13.2 Å². The zero-order chi connectivity index (χ0) is 22.0. The van der Waals surface area contributed by atoms with Crippen LogP contribution >= 0.6 is 0 Å². The fraction of sp³-hybridized carbons (Fsp3) is 0.545. The monoisotopic (exact) mass is 449 g/mol. The quantitative estimate of drug-likeness (QED) is 0.588. The van der Waals surface area contributed by atoms with Crippen LogP contribution in [-0.2, 0) is 38.2 Å². The van der Waals surface area contributed by atoms with Gasteiger partial charge in [-0.05, 0) is 37.7 Å². The number of imidazole rings is 1. The molecule has 1 aromatic carbocycles. The molecule has 2 fully saturated rings. The molecule has 1 aromatic heterocycles. The van der Waals surface area contributed by atoms with Gasteiger partial charge in [-0.15, -0.1) is 0 Å². The van der Waals surface area contributed by atoms with Gasteiger partial charge in [0.1, 0.15) is 5.82 Å². The molecule has 2 aromatic rings. The number of benzene rings is 1. The molecule has 1 aliphatic heterocycles. The first-order chi connectivity index (χ1) is 14.8. The van der Waals surface area contributed by atoms with E-state index in [9.17, 15) is 17.6 Å². The van der Waals surface area contributed by atoms with Crippen molar-refractivity contribution in [2.24, 2.45) is 5.92 Å². The Hall–Kier alpha value is -2.26. The number of halogens is 1. The summed E-state index contributed by atoms with van der Waals surface area (Å²) in [6.07, 6.45) is 5.40. The molecular weight excluding hydrogens is 421 g/mol. The van der Waals surface area contributed by atoms with Crippen LogP contribution in [0.1, 0.15) is 43.9 Å². The smallest absolute Gasteiger partial charge is 0.228 e.